The Morgan fingerprint density at radius 3 is 2.11 bits per heavy atom. The van der Waals surface area contributed by atoms with E-state index in [2.05, 4.69) is 20.8 Å². The lowest BCUT2D eigenvalue weighted by Crippen LogP contribution is -2.04. The maximum atomic E-state index is 11.6. The summed E-state index contributed by atoms with van der Waals surface area (Å²) < 4.78 is 64.2. The van der Waals surface area contributed by atoms with Crippen molar-refractivity contribution in [3.8, 4) is 5.75 Å². The van der Waals surface area contributed by atoms with Gasteiger partial charge in [0.15, 0.2) is 0 Å². The Balaban J connectivity index is 2.08. The maximum absolute atomic E-state index is 11.6. The average molecular weight is 535 g/mol. The van der Waals surface area contributed by atoms with Crippen molar-refractivity contribution < 1.29 is 40.9 Å². The second kappa shape index (κ2) is 10.2. The van der Waals surface area contributed by atoms with E-state index >= 15 is 0 Å². The van der Waals surface area contributed by atoms with Gasteiger partial charge in [-0.3, -0.25) is 14.5 Å². The van der Waals surface area contributed by atoms with Gasteiger partial charge in [-0.2, -0.15) is 21.9 Å². The lowest BCUT2D eigenvalue weighted by Gasteiger charge is -2.10. The van der Waals surface area contributed by atoms with Crippen LogP contribution in [0.3, 0.4) is 0 Å². The first-order chi connectivity index (χ1) is 16.8. The molecule has 0 bridgehead atoms. The van der Waals surface area contributed by atoms with Gasteiger partial charge in [0.1, 0.15) is 11.4 Å². The molecule has 0 radical (unpaired) electrons. The van der Waals surface area contributed by atoms with Crippen LogP contribution in [-0.4, -0.2) is 48.0 Å². The first kappa shape index (κ1) is 26.4. The van der Waals surface area contributed by atoms with E-state index in [4.69, 9.17) is 4.55 Å². The molecular weight excluding hydrogens is 516 g/mol. The van der Waals surface area contributed by atoms with Gasteiger partial charge in [0.2, 0.25) is 5.84 Å². The number of aromatic hydroxyl groups is 1. The van der Waals surface area contributed by atoms with Crippen molar-refractivity contribution in [2.75, 3.05) is 5.43 Å². The van der Waals surface area contributed by atoms with Crippen molar-refractivity contribution in [1.82, 2.24) is 0 Å². The Hall–Kier alpha value is -4.18. The monoisotopic (exact) mass is 534 g/mol. The third kappa shape index (κ3) is 6.28. The fraction of sp³-hybridized carbons (Fsp3) is 0.0476. The molecule has 188 valence electrons. The van der Waals surface area contributed by atoms with Gasteiger partial charge in [-0.25, -0.2) is 4.79 Å². The van der Waals surface area contributed by atoms with Crippen LogP contribution in [0, 0.1) is 6.92 Å². The zero-order valence-electron chi connectivity index (χ0n) is 18.3. The molecule has 0 aliphatic rings. The minimum absolute atomic E-state index is 0.121. The van der Waals surface area contributed by atoms with Crippen LogP contribution in [-0.2, 0) is 20.2 Å². The van der Waals surface area contributed by atoms with Crippen LogP contribution in [0.1, 0.15) is 21.5 Å². The molecule has 0 aromatic heterocycles. The summed E-state index contributed by atoms with van der Waals surface area (Å²) in [6.07, 6.45) is 0. The van der Waals surface area contributed by atoms with E-state index in [-0.39, 0.29) is 28.5 Å². The predicted octanol–water partition coefficient (Wildman–Crippen LogP) is 3.45. The summed E-state index contributed by atoms with van der Waals surface area (Å²) in [5, 5.41) is 31.5. The second-order valence-electron chi connectivity index (χ2n) is 7.18. The van der Waals surface area contributed by atoms with E-state index in [0.717, 1.165) is 24.3 Å². The van der Waals surface area contributed by atoms with Gasteiger partial charge in [-0.05, 0) is 42.8 Å². The standard InChI is InChI=1S/C21H18N4O9S2/c1-12-9-15(36(32,33)34)11-18(19(12)26)23-25-20(13-5-3-2-4-6-13)24-22-17-8-7-14(35(29,30)31)10-16(17)21(27)28/h2-11,23,26H,1H3,(H,27,28)(H,29,30,31)(H,32,33,34)/b24-22+,25-20+. The molecule has 0 aliphatic carbocycles. The van der Waals surface area contributed by atoms with Crippen molar-refractivity contribution in [3.63, 3.8) is 0 Å². The summed E-state index contributed by atoms with van der Waals surface area (Å²) in [7, 11) is -9.25. The van der Waals surface area contributed by atoms with E-state index in [1.54, 1.807) is 30.3 Å². The lowest BCUT2D eigenvalue weighted by molar-refractivity contribution is 0.0697. The molecule has 0 saturated carbocycles. The van der Waals surface area contributed by atoms with Crippen molar-refractivity contribution in [3.05, 3.63) is 77.4 Å². The quantitative estimate of drug-likeness (QED) is 0.0742. The van der Waals surface area contributed by atoms with Crippen molar-refractivity contribution in [2.24, 2.45) is 15.3 Å². The average Bonchev–Trinajstić information content (AvgIpc) is 2.80. The van der Waals surface area contributed by atoms with Crippen molar-refractivity contribution in [1.29, 1.82) is 0 Å². The van der Waals surface area contributed by atoms with Gasteiger partial charge in [-0.15, -0.1) is 10.2 Å². The number of carboxylic acids is 1. The SMILES string of the molecule is Cc1cc(S(=O)(=O)O)cc(N/N=C(/N=N/c2ccc(S(=O)(=O)O)cc2C(=O)O)c2ccccc2)c1O. The van der Waals surface area contributed by atoms with Gasteiger partial charge in [0.05, 0.1) is 21.0 Å². The summed E-state index contributed by atoms with van der Waals surface area (Å²) >= 11 is 0. The van der Waals surface area contributed by atoms with Crippen LogP contribution in [0.4, 0.5) is 11.4 Å². The maximum Gasteiger partial charge on any atom is 0.338 e. The fourth-order valence-corrected chi connectivity index (χ4v) is 3.96. The number of aryl methyl sites for hydroxylation is 1. The highest BCUT2D eigenvalue weighted by Crippen LogP contribution is 2.31. The largest absolute Gasteiger partial charge is 0.505 e. The van der Waals surface area contributed by atoms with Crippen LogP contribution in [0.5, 0.6) is 5.75 Å². The first-order valence-electron chi connectivity index (χ1n) is 9.74. The molecule has 36 heavy (non-hydrogen) atoms. The number of azo groups is 1. The van der Waals surface area contributed by atoms with Crippen LogP contribution >= 0.6 is 0 Å². The number of amidine groups is 1. The van der Waals surface area contributed by atoms with Crippen LogP contribution in [0.25, 0.3) is 0 Å². The molecule has 0 spiro atoms. The molecule has 13 nitrogen and oxygen atoms in total. The van der Waals surface area contributed by atoms with Gasteiger partial charge < -0.3 is 10.2 Å². The van der Waals surface area contributed by atoms with E-state index in [1.165, 1.54) is 6.92 Å². The van der Waals surface area contributed by atoms with E-state index in [1.807, 2.05) is 0 Å². The predicted molar refractivity (Wildman–Crippen MR) is 127 cm³/mol. The summed E-state index contributed by atoms with van der Waals surface area (Å²) in [6, 6.07) is 12.8. The second-order valence-corrected chi connectivity index (χ2v) is 10.0. The van der Waals surface area contributed by atoms with Crippen molar-refractivity contribution >= 4 is 43.4 Å². The van der Waals surface area contributed by atoms with Gasteiger partial charge in [0.25, 0.3) is 20.2 Å². The topological polar surface area (TPSA) is 215 Å². The number of carbonyl (C=O) groups is 1. The van der Waals surface area contributed by atoms with Gasteiger partial charge in [0, 0.05) is 5.56 Å². The Morgan fingerprint density at radius 2 is 1.53 bits per heavy atom. The molecular formula is C21H18N4O9S2. The number of benzene rings is 3. The molecule has 3 aromatic carbocycles. The van der Waals surface area contributed by atoms with Gasteiger partial charge >= 0.3 is 5.97 Å². The Labute approximate surface area is 205 Å². The Kier molecular flexibility index (Phi) is 7.49. The number of phenolic OH excluding ortho intramolecular Hbond substituents is 1. The van der Waals surface area contributed by atoms with Crippen LogP contribution < -0.4 is 5.43 Å². The highest BCUT2D eigenvalue weighted by Gasteiger charge is 2.18. The normalized spacial score (nSPS) is 12.6. The molecule has 0 atom stereocenters. The van der Waals surface area contributed by atoms with Gasteiger partial charge in [-0.1, -0.05) is 30.3 Å². The molecule has 3 rings (SSSR count). The highest BCUT2D eigenvalue weighted by molar-refractivity contribution is 7.86. The Bertz CT molecular complexity index is 1600. The number of aromatic carboxylic acids is 1. The van der Waals surface area contributed by atoms with Crippen molar-refractivity contribution in [2.45, 2.75) is 16.7 Å². The lowest BCUT2D eigenvalue weighted by atomic mass is 10.2. The third-order valence-electron chi connectivity index (χ3n) is 4.63. The number of hydrogen-bond donors (Lipinski definition) is 5. The number of nitrogens with zero attached hydrogens (tertiary/aromatic N) is 3. The summed E-state index contributed by atoms with van der Waals surface area (Å²) in [5.74, 6) is -2.03. The minimum atomic E-state index is -4.66. The highest BCUT2D eigenvalue weighted by atomic mass is 32.2. The van der Waals surface area contributed by atoms with E-state index in [0.29, 0.717) is 11.6 Å². The number of hydrazone groups is 1. The smallest absolute Gasteiger partial charge is 0.338 e. The van der Waals surface area contributed by atoms with E-state index < -0.39 is 41.6 Å². The Morgan fingerprint density at radius 1 is 0.889 bits per heavy atom. The molecule has 15 heteroatoms. The zero-order valence-corrected chi connectivity index (χ0v) is 19.9. The zero-order chi connectivity index (χ0) is 26.7. The summed E-state index contributed by atoms with van der Waals surface area (Å²) in [4.78, 5) is 10.4. The molecule has 0 unspecified atom stereocenters. The number of hydrogen-bond acceptors (Lipinski definition) is 9. The molecule has 0 saturated heterocycles. The van der Waals surface area contributed by atoms with E-state index in [9.17, 15) is 36.4 Å². The first-order valence-corrected chi connectivity index (χ1v) is 12.6. The number of carboxylic acid groups (broad SMARTS) is 1. The molecule has 5 N–H and O–H groups in total. The van der Waals surface area contributed by atoms with Crippen LogP contribution in [0.15, 0.2) is 85.8 Å². The number of nitrogens with one attached hydrogen (secondary N) is 1. The fourth-order valence-electron chi connectivity index (χ4n) is 2.86. The molecule has 0 amide bonds. The molecule has 0 heterocycles. The molecule has 0 aliphatic heterocycles. The number of anilines is 1. The third-order valence-corrected chi connectivity index (χ3v) is 6.32. The summed E-state index contributed by atoms with van der Waals surface area (Å²) in [5.41, 5.74) is 1.94. The number of rotatable bonds is 7. The molecule has 0 fully saturated rings. The summed E-state index contributed by atoms with van der Waals surface area (Å²) in [6.45, 7) is 1.40. The molecule has 3 aromatic rings. The number of phenols is 1. The van der Waals surface area contributed by atoms with Crippen LogP contribution in [0.2, 0.25) is 0 Å². The minimum Gasteiger partial charge on any atom is -0.505 e.